The summed E-state index contributed by atoms with van der Waals surface area (Å²) in [4.78, 5) is 0. The maximum Gasteiger partial charge on any atom is 0.129 e. The molecule has 1 aliphatic rings. The number of rotatable bonds is 5. The molecular weight excluding hydrogens is 250 g/mol. The minimum Gasteiger partial charge on any atom is -0.378 e. The van der Waals surface area contributed by atoms with Crippen molar-refractivity contribution in [2.45, 2.75) is 38.3 Å². The molecule has 2 rings (SSSR count). The Morgan fingerprint density at radius 2 is 2.26 bits per heavy atom. The zero-order valence-electron chi connectivity index (χ0n) is 11.0. The second-order valence-electron chi connectivity index (χ2n) is 4.98. The van der Waals surface area contributed by atoms with Crippen LogP contribution in [0.3, 0.4) is 0 Å². The van der Waals surface area contributed by atoms with E-state index in [9.17, 15) is 8.78 Å². The number of hydrazine groups is 1. The predicted octanol–water partition coefficient (Wildman–Crippen LogP) is 2.15. The van der Waals surface area contributed by atoms with E-state index >= 15 is 0 Å². The summed E-state index contributed by atoms with van der Waals surface area (Å²) < 4.78 is 32.2. The predicted molar refractivity (Wildman–Crippen MR) is 69.3 cm³/mol. The molecule has 3 unspecified atom stereocenters. The molecular formula is C14H20F2N2O. The number of hydrogen-bond donors (Lipinski definition) is 2. The van der Waals surface area contributed by atoms with E-state index in [0.717, 1.165) is 18.9 Å². The molecule has 1 aromatic rings. The quantitative estimate of drug-likeness (QED) is 0.636. The molecule has 3 N–H and O–H groups in total. The van der Waals surface area contributed by atoms with Gasteiger partial charge < -0.3 is 4.74 Å². The van der Waals surface area contributed by atoms with Crippen LogP contribution < -0.4 is 11.3 Å². The lowest BCUT2D eigenvalue weighted by Gasteiger charge is -2.26. The molecule has 106 valence electrons. The van der Waals surface area contributed by atoms with Gasteiger partial charge in [0, 0.05) is 24.6 Å². The van der Waals surface area contributed by atoms with Gasteiger partial charge in [0.1, 0.15) is 11.6 Å². The van der Waals surface area contributed by atoms with E-state index in [1.54, 1.807) is 0 Å². The van der Waals surface area contributed by atoms with Gasteiger partial charge in [-0.1, -0.05) is 13.0 Å². The van der Waals surface area contributed by atoms with Gasteiger partial charge in [-0.05, 0) is 30.9 Å². The van der Waals surface area contributed by atoms with Crippen molar-refractivity contribution in [3.63, 3.8) is 0 Å². The highest BCUT2D eigenvalue weighted by Crippen LogP contribution is 2.28. The maximum atomic E-state index is 13.7. The number of ether oxygens (including phenoxy) is 1. The monoisotopic (exact) mass is 270 g/mol. The zero-order valence-corrected chi connectivity index (χ0v) is 11.0. The van der Waals surface area contributed by atoms with Gasteiger partial charge in [-0.25, -0.2) is 8.78 Å². The number of halogens is 2. The van der Waals surface area contributed by atoms with Gasteiger partial charge in [0.15, 0.2) is 0 Å². The molecule has 0 spiro atoms. The van der Waals surface area contributed by atoms with E-state index in [0.29, 0.717) is 18.6 Å². The van der Waals surface area contributed by atoms with Crippen molar-refractivity contribution in [2.24, 2.45) is 11.8 Å². The Bertz CT molecular complexity index is 428. The third-order valence-corrected chi connectivity index (χ3v) is 3.85. The molecule has 19 heavy (non-hydrogen) atoms. The average Bonchev–Trinajstić information content (AvgIpc) is 2.86. The Morgan fingerprint density at radius 3 is 2.89 bits per heavy atom. The Morgan fingerprint density at radius 1 is 1.47 bits per heavy atom. The molecule has 0 amide bonds. The van der Waals surface area contributed by atoms with E-state index in [1.165, 1.54) is 12.1 Å². The van der Waals surface area contributed by atoms with Crippen molar-refractivity contribution in [3.05, 3.63) is 35.4 Å². The highest BCUT2D eigenvalue weighted by molar-refractivity contribution is 5.20. The molecule has 0 bridgehead atoms. The van der Waals surface area contributed by atoms with Crippen LogP contribution in [0.25, 0.3) is 0 Å². The second kappa shape index (κ2) is 6.41. The van der Waals surface area contributed by atoms with Crippen molar-refractivity contribution in [3.8, 4) is 0 Å². The Labute approximate surface area is 112 Å². The van der Waals surface area contributed by atoms with E-state index in [1.807, 2.05) is 0 Å². The van der Waals surface area contributed by atoms with Crippen LogP contribution in [0.5, 0.6) is 0 Å². The van der Waals surface area contributed by atoms with Crippen molar-refractivity contribution in [1.29, 1.82) is 0 Å². The molecule has 0 saturated carbocycles. The summed E-state index contributed by atoms with van der Waals surface area (Å²) in [7, 11) is 0. The van der Waals surface area contributed by atoms with Gasteiger partial charge in [0.2, 0.25) is 0 Å². The van der Waals surface area contributed by atoms with Crippen LogP contribution in [-0.2, 0) is 11.2 Å². The first kappa shape index (κ1) is 14.4. The Kier molecular flexibility index (Phi) is 4.85. The van der Waals surface area contributed by atoms with Crippen molar-refractivity contribution < 1.29 is 13.5 Å². The summed E-state index contributed by atoms with van der Waals surface area (Å²) in [5.74, 6) is 4.78. The molecule has 1 aromatic carbocycles. The maximum absolute atomic E-state index is 13.7. The third-order valence-electron chi connectivity index (χ3n) is 3.85. The largest absolute Gasteiger partial charge is 0.378 e. The van der Waals surface area contributed by atoms with E-state index < -0.39 is 11.6 Å². The van der Waals surface area contributed by atoms with Gasteiger partial charge in [0.05, 0.1) is 6.10 Å². The first-order valence-electron chi connectivity index (χ1n) is 6.67. The van der Waals surface area contributed by atoms with Gasteiger partial charge in [-0.3, -0.25) is 11.3 Å². The van der Waals surface area contributed by atoms with Crippen LogP contribution >= 0.6 is 0 Å². The van der Waals surface area contributed by atoms with Crippen LogP contribution in [0.2, 0.25) is 0 Å². The summed E-state index contributed by atoms with van der Waals surface area (Å²) >= 11 is 0. The Balaban J connectivity index is 2.10. The van der Waals surface area contributed by atoms with Crippen molar-refractivity contribution in [2.75, 3.05) is 6.61 Å². The van der Waals surface area contributed by atoms with E-state index in [-0.39, 0.29) is 18.1 Å². The number of hydrogen-bond acceptors (Lipinski definition) is 3. The third kappa shape index (κ3) is 3.29. The standard InChI is InChI=1S/C14H20F2N2O/c1-2-14-11(5-6-19-14)13(18-17)7-9-3-4-10(15)8-12(9)16/h3-4,8,11,13-14,18H,2,5-7,17H2,1H3. The van der Waals surface area contributed by atoms with Crippen LogP contribution in [0.4, 0.5) is 8.78 Å². The highest BCUT2D eigenvalue weighted by atomic mass is 19.1. The smallest absolute Gasteiger partial charge is 0.129 e. The lowest BCUT2D eigenvalue weighted by atomic mass is 9.87. The van der Waals surface area contributed by atoms with Crippen molar-refractivity contribution in [1.82, 2.24) is 5.43 Å². The minimum absolute atomic E-state index is 0.0626. The van der Waals surface area contributed by atoms with Crippen molar-refractivity contribution >= 4 is 0 Å². The molecule has 5 heteroatoms. The summed E-state index contributed by atoms with van der Waals surface area (Å²) in [5.41, 5.74) is 3.24. The number of benzene rings is 1. The van der Waals surface area contributed by atoms with E-state index in [4.69, 9.17) is 10.6 Å². The van der Waals surface area contributed by atoms with Crippen LogP contribution in [0.15, 0.2) is 18.2 Å². The summed E-state index contributed by atoms with van der Waals surface area (Å²) in [5, 5.41) is 0. The molecule has 1 saturated heterocycles. The summed E-state index contributed by atoms with van der Waals surface area (Å²) in [6.07, 6.45) is 2.42. The molecule has 3 atom stereocenters. The molecule has 1 heterocycles. The first-order valence-corrected chi connectivity index (χ1v) is 6.67. The summed E-state index contributed by atoms with van der Waals surface area (Å²) in [6, 6.07) is 3.60. The SMILES string of the molecule is CCC1OCCC1C(Cc1ccc(F)cc1F)NN. The Hall–Kier alpha value is -1.04. The molecule has 3 nitrogen and oxygen atoms in total. The van der Waals surface area contributed by atoms with Crippen LogP contribution in [0, 0.1) is 17.6 Å². The molecule has 0 radical (unpaired) electrons. The van der Waals surface area contributed by atoms with Gasteiger partial charge >= 0.3 is 0 Å². The molecule has 1 aliphatic heterocycles. The van der Waals surface area contributed by atoms with Gasteiger partial charge in [-0.15, -0.1) is 0 Å². The molecule has 0 aromatic heterocycles. The van der Waals surface area contributed by atoms with Crippen LogP contribution in [-0.4, -0.2) is 18.8 Å². The highest BCUT2D eigenvalue weighted by Gasteiger charge is 2.33. The van der Waals surface area contributed by atoms with Crippen LogP contribution in [0.1, 0.15) is 25.3 Å². The van der Waals surface area contributed by atoms with E-state index in [2.05, 4.69) is 12.3 Å². The lowest BCUT2D eigenvalue weighted by Crippen LogP contribution is -2.45. The second-order valence-corrected chi connectivity index (χ2v) is 4.98. The molecule has 0 aliphatic carbocycles. The molecule has 1 fully saturated rings. The zero-order chi connectivity index (χ0) is 13.8. The minimum atomic E-state index is -0.561. The summed E-state index contributed by atoms with van der Waals surface area (Å²) in [6.45, 7) is 2.78. The lowest BCUT2D eigenvalue weighted by molar-refractivity contribution is 0.0773. The van der Waals surface area contributed by atoms with Gasteiger partial charge in [-0.2, -0.15) is 0 Å². The fourth-order valence-corrected chi connectivity index (χ4v) is 2.80. The number of nitrogens with two attached hydrogens (primary N) is 1. The fourth-order valence-electron chi connectivity index (χ4n) is 2.80. The normalized spacial score (nSPS) is 24.6. The topological polar surface area (TPSA) is 47.3 Å². The van der Waals surface area contributed by atoms with Gasteiger partial charge in [0.25, 0.3) is 0 Å². The first-order chi connectivity index (χ1) is 9.15. The number of nitrogens with one attached hydrogen (secondary N) is 1. The fraction of sp³-hybridized carbons (Fsp3) is 0.571. The average molecular weight is 270 g/mol.